The van der Waals surface area contributed by atoms with E-state index >= 15 is 4.39 Å². The van der Waals surface area contributed by atoms with Gasteiger partial charge in [0.25, 0.3) is 0 Å². The van der Waals surface area contributed by atoms with E-state index in [-0.39, 0.29) is 23.7 Å². The summed E-state index contributed by atoms with van der Waals surface area (Å²) in [6.07, 6.45) is -4.82. The lowest BCUT2D eigenvalue weighted by atomic mass is 10.1. The highest BCUT2D eigenvalue weighted by Gasteiger charge is 2.50. The molecule has 0 radical (unpaired) electrons. The van der Waals surface area contributed by atoms with Crippen molar-refractivity contribution in [3.05, 3.63) is 83.8 Å². The highest BCUT2D eigenvalue weighted by Crippen LogP contribution is 2.36. The lowest BCUT2D eigenvalue weighted by molar-refractivity contribution is -0.0574. The molecule has 2 heterocycles. The molecule has 3 aromatic rings. The second kappa shape index (κ2) is 11.0. The summed E-state index contributed by atoms with van der Waals surface area (Å²) in [6, 6.07) is 16.3. The molecule has 1 aliphatic rings. The van der Waals surface area contributed by atoms with E-state index < -0.39 is 49.1 Å². The van der Waals surface area contributed by atoms with Gasteiger partial charge in [-0.15, -0.1) is 0 Å². The highest BCUT2D eigenvalue weighted by atomic mass is 19.1. The van der Waals surface area contributed by atoms with Gasteiger partial charge in [0.15, 0.2) is 24.2 Å². The van der Waals surface area contributed by atoms with Crippen LogP contribution in [0.4, 0.5) is 10.2 Å². The van der Waals surface area contributed by atoms with Gasteiger partial charge in [-0.2, -0.15) is 0 Å². The van der Waals surface area contributed by atoms with Crippen LogP contribution in [0.3, 0.4) is 0 Å². The minimum atomic E-state index is -1.93. The number of carbonyl (C=O) groups is 3. The van der Waals surface area contributed by atoms with Crippen LogP contribution >= 0.6 is 0 Å². The Morgan fingerprint density at radius 1 is 0.972 bits per heavy atom. The van der Waals surface area contributed by atoms with Crippen LogP contribution in [0.2, 0.25) is 0 Å². The fourth-order valence-corrected chi connectivity index (χ4v) is 3.70. The molecule has 11 heteroatoms. The summed E-state index contributed by atoms with van der Waals surface area (Å²) >= 11 is 0. The van der Waals surface area contributed by atoms with Gasteiger partial charge in [-0.05, 0) is 31.2 Å². The number of nitrogen functional groups attached to an aromatic ring is 1. The first kappa shape index (κ1) is 24.9. The number of nitrogens with zero attached hydrogens (tertiary/aromatic N) is 2. The van der Waals surface area contributed by atoms with Crippen LogP contribution in [0.15, 0.2) is 67.0 Å². The van der Waals surface area contributed by atoms with Gasteiger partial charge in [-0.1, -0.05) is 36.4 Å². The normalized spacial score (nSPS) is 21.1. The summed E-state index contributed by atoms with van der Waals surface area (Å²) in [7, 11) is 0. The SMILES string of the molecule is CCOC(=O)c1ncn([C@@H]2O[C@H](COC(=O)c3ccccc3)[C@@H](OC(=O)c3ccccc3)[C@@H]2F)c1N. The maximum Gasteiger partial charge on any atom is 0.360 e. The lowest BCUT2D eigenvalue weighted by Crippen LogP contribution is -2.37. The molecular formula is C25H24FN3O7. The van der Waals surface area contributed by atoms with E-state index in [4.69, 9.17) is 24.7 Å². The molecular weight excluding hydrogens is 473 g/mol. The molecule has 10 nitrogen and oxygen atoms in total. The van der Waals surface area contributed by atoms with E-state index in [9.17, 15) is 14.4 Å². The molecule has 1 aliphatic heterocycles. The maximum atomic E-state index is 15.7. The van der Waals surface area contributed by atoms with Crippen LogP contribution in [0.5, 0.6) is 0 Å². The average Bonchev–Trinajstić information content (AvgIpc) is 3.42. The third-order valence-corrected chi connectivity index (χ3v) is 5.48. The van der Waals surface area contributed by atoms with Crippen molar-refractivity contribution in [2.24, 2.45) is 0 Å². The average molecular weight is 497 g/mol. The van der Waals surface area contributed by atoms with Gasteiger partial charge in [-0.25, -0.2) is 23.8 Å². The number of aromatic nitrogens is 2. The van der Waals surface area contributed by atoms with Crippen molar-refractivity contribution in [3.8, 4) is 0 Å². The molecule has 0 spiro atoms. The number of benzene rings is 2. The minimum Gasteiger partial charge on any atom is -0.461 e. The van der Waals surface area contributed by atoms with E-state index in [2.05, 4.69) is 4.98 Å². The molecule has 4 atom stereocenters. The largest absolute Gasteiger partial charge is 0.461 e. The van der Waals surface area contributed by atoms with Crippen LogP contribution in [0.1, 0.15) is 44.4 Å². The van der Waals surface area contributed by atoms with Crippen molar-refractivity contribution in [2.75, 3.05) is 18.9 Å². The summed E-state index contributed by atoms with van der Waals surface area (Å²) in [6.45, 7) is 1.32. The quantitative estimate of drug-likeness (QED) is 0.368. The van der Waals surface area contributed by atoms with Gasteiger partial charge in [0.05, 0.1) is 24.1 Å². The number of ether oxygens (including phenoxy) is 4. The number of hydrogen-bond donors (Lipinski definition) is 1. The fraction of sp³-hybridized carbons (Fsp3) is 0.280. The molecule has 0 aliphatic carbocycles. The zero-order chi connectivity index (χ0) is 25.7. The van der Waals surface area contributed by atoms with Crippen molar-refractivity contribution < 1.29 is 37.7 Å². The molecule has 1 fully saturated rings. The minimum absolute atomic E-state index is 0.100. The molecule has 1 aromatic heterocycles. The van der Waals surface area contributed by atoms with Crippen molar-refractivity contribution in [1.82, 2.24) is 9.55 Å². The van der Waals surface area contributed by atoms with Crippen LogP contribution in [0.25, 0.3) is 0 Å². The Morgan fingerprint density at radius 2 is 1.58 bits per heavy atom. The Kier molecular flexibility index (Phi) is 7.59. The summed E-state index contributed by atoms with van der Waals surface area (Å²) in [5.74, 6) is -2.39. The Morgan fingerprint density at radius 3 is 2.19 bits per heavy atom. The van der Waals surface area contributed by atoms with Crippen LogP contribution in [-0.4, -0.2) is 59.1 Å². The number of alkyl halides is 1. The van der Waals surface area contributed by atoms with E-state index in [0.29, 0.717) is 5.56 Å². The Balaban J connectivity index is 1.56. The van der Waals surface area contributed by atoms with Gasteiger partial charge in [0, 0.05) is 0 Å². The van der Waals surface area contributed by atoms with E-state index in [1.54, 1.807) is 55.5 Å². The van der Waals surface area contributed by atoms with Crippen molar-refractivity contribution in [3.63, 3.8) is 0 Å². The first-order chi connectivity index (χ1) is 17.4. The van der Waals surface area contributed by atoms with E-state index in [1.807, 2.05) is 0 Å². The second-order valence-corrected chi connectivity index (χ2v) is 7.82. The molecule has 188 valence electrons. The zero-order valence-corrected chi connectivity index (χ0v) is 19.3. The number of halogens is 1. The number of esters is 3. The first-order valence-electron chi connectivity index (χ1n) is 11.2. The molecule has 0 amide bonds. The van der Waals surface area contributed by atoms with Crippen LogP contribution < -0.4 is 5.73 Å². The standard InChI is InChI=1S/C25H24FN3O7/c1-2-33-25(32)19-21(27)29(14-28-19)22-18(26)20(36-24(31)16-11-7-4-8-12-16)17(35-22)13-34-23(30)15-9-5-3-6-10-15/h3-12,14,17-18,20,22H,2,13,27H2,1H3/t17-,18+,20-,22-/m1/s1. The van der Waals surface area contributed by atoms with E-state index in [1.165, 1.54) is 12.1 Å². The molecule has 2 aromatic carbocycles. The van der Waals surface area contributed by atoms with Crippen molar-refractivity contribution in [2.45, 2.75) is 31.5 Å². The van der Waals surface area contributed by atoms with Gasteiger partial charge in [-0.3, -0.25) is 4.57 Å². The topological polar surface area (TPSA) is 132 Å². The summed E-state index contributed by atoms with van der Waals surface area (Å²) in [5, 5.41) is 0. The monoisotopic (exact) mass is 497 g/mol. The van der Waals surface area contributed by atoms with Gasteiger partial charge in [0.1, 0.15) is 18.5 Å². The van der Waals surface area contributed by atoms with Gasteiger partial charge in [0.2, 0.25) is 0 Å². The third kappa shape index (κ3) is 5.20. The summed E-state index contributed by atoms with van der Waals surface area (Å²) < 4.78 is 38.3. The number of anilines is 1. The fourth-order valence-electron chi connectivity index (χ4n) is 3.70. The smallest absolute Gasteiger partial charge is 0.360 e. The number of hydrogen-bond acceptors (Lipinski definition) is 9. The predicted octanol–water partition coefficient (Wildman–Crippen LogP) is 2.96. The zero-order valence-electron chi connectivity index (χ0n) is 19.3. The van der Waals surface area contributed by atoms with Crippen LogP contribution in [0, 0.1) is 0 Å². The summed E-state index contributed by atoms with van der Waals surface area (Å²) in [4.78, 5) is 41.1. The summed E-state index contributed by atoms with van der Waals surface area (Å²) in [5.41, 5.74) is 6.31. The number of imidazole rings is 1. The molecule has 2 N–H and O–H groups in total. The maximum absolute atomic E-state index is 15.7. The number of rotatable bonds is 8. The predicted molar refractivity (Wildman–Crippen MR) is 124 cm³/mol. The highest BCUT2D eigenvalue weighted by molar-refractivity contribution is 5.92. The van der Waals surface area contributed by atoms with Gasteiger partial charge < -0.3 is 24.7 Å². The molecule has 0 saturated carbocycles. The lowest BCUT2D eigenvalue weighted by Gasteiger charge is -2.19. The Hall–Kier alpha value is -4.25. The Bertz CT molecular complexity index is 1220. The third-order valence-electron chi connectivity index (χ3n) is 5.48. The second-order valence-electron chi connectivity index (χ2n) is 7.82. The molecule has 0 bridgehead atoms. The van der Waals surface area contributed by atoms with Crippen molar-refractivity contribution in [1.29, 1.82) is 0 Å². The van der Waals surface area contributed by atoms with E-state index in [0.717, 1.165) is 10.9 Å². The molecule has 1 saturated heterocycles. The number of carbonyl (C=O) groups excluding carboxylic acids is 3. The molecule has 4 rings (SSSR count). The van der Waals surface area contributed by atoms with Crippen molar-refractivity contribution >= 4 is 23.7 Å². The molecule has 0 unspecified atom stereocenters. The first-order valence-corrected chi connectivity index (χ1v) is 11.2. The Labute approximate surface area is 205 Å². The number of nitrogens with two attached hydrogens (primary N) is 1. The van der Waals surface area contributed by atoms with Crippen LogP contribution in [-0.2, 0) is 18.9 Å². The van der Waals surface area contributed by atoms with Gasteiger partial charge >= 0.3 is 17.9 Å². The molecule has 36 heavy (non-hydrogen) atoms.